The third-order valence-corrected chi connectivity index (χ3v) is 4.30. The Morgan fingerprint density at radius 1 is 1.35 bits per heavy atom. The predicted molar refractivity (Wildman–Crippen MR) is 83.1 cm³/mol. The number of hydrogen-bond acceptors (Lipinski definition) is 4. The van der Waals surface area contributed by atoms with E-state index in [2.05, 4.69) is 10.1 Å². The van der Waals surface area contributed by atoms with Gasteiger partial charge in [0.25, 0.3) is 0 Å². The minimum atomic E-state index is -0.874. The summed E-state index contributed by atoms with van der Waals surface area (Å²) in [6.07, 6.45) is 5.81. The van der Waals surface area contributed by atoms with Gasteiger partial charge in [-0.2, -0.15) is 10.4 Å². The van der Waals surface area contributed by atoms with Crippen LogP contribution in [-0.4, -0.2) is 44.0 Å². The van der Waals surface area contributed by atoms with Crippen LogP contribution in [0.1, 0.15) is 24.4 Å². The van der Waals surface area contributed by atoms with Crippen LogP contribution in [-0.2, 0) is 0 Å². The fourth-order valence-electron chi connectivity index (χ4n) is 2.69. The van der Waals surface area contributed by atoms with Crippen LogP contribution in [0.3, 0.4) is 0 Å². The topological polar surface area (TPSA) is 95.0 Å². The van der Waals surface area contributed by atoms with Crippen LogP contribution in [0.2, 0.25) is 5.15 Å². The highest BCUT2D eigenvalue weighted by Crippen LogP contribution is 2.26. The molecular weight excluding hydrogens is 318 g/mol. The summed E-state index contributed by atoms with van der Waals surface area (Å²) in [4.78, 5) is 16.4. The number of amides is 1. The quantitative estimate of drug-likeness (QED) is 0.854. The Hall–Kier alpha value is -2.59. The number of pyridine rings is 1. The smallest absolute Gasteiger partial charge is 0.407 e. The minimum Gasteiger partial charge on any atom is -0.465 e. The van der Waals surface area contributed by atoms with E-state index >= 15 is 0 Å². The number of rotatable bonds is 2. The van der Waals surface area contributed by atoms with E-state index in [1.165, 1.54) is 4.90 Å². The second-order valence-electron chi connectivity index (χ2n) is 5.38. The number of halogens is 1. The van der Waals surface area contributed by atoms with Crippen molar-refractivity contribution in [2.24, 2.45) is 0 Å². The molecule has 0 unspecified atom stereocenters. The highest BCUT2D eigenvalue weighted by Gasteiger charge is 2.24. The molecule has 3 heterocycles. The fourth-order valence-corrected chi connectivity index (χ4v) is 2.84. The van der Waals surface area contributed by atoms with Crippen molar-refractivity contribution in [2.75, 3.05) is 13.1 Å². The molecule has 1 N–H and O–H groups in total. The maximum Gasteiger partial charge on any atom is 0.407 e. The first-order valence-electron chi connectivity index (χ1n) is 7.16. The lowest BCUT2D eigenvalue weighted by atomic mass is 10.1. The third-order valence-electron chi connectivity index (χ3n) is 4.00. The maximum absolute atomic E-state index is 10.9. The highest BCUT2D eigenvalue weighted by atomic mass is 35.5. The molecule has 0 radical (unpaired) electrons. The van der Waals surface area contributed by atoms with E-state index in [-0.39, 0.29) is 11.2 Å². The molecule has 2 aromatic rings. The molecule has 8 heteroatoms. The second-order valence-corrected chi connectivity index (χ2v) is 5.74. The molecule has 0 bridgehead atoms. The van der Waals surface area contributed by atoms with E-state index in [0.29, 0.717) is 18.7 Å². The summed E-state index contributed by atoms with van der Waals surface area (Å²) in [5.41, 5.74) is 1.96. The van der Waals surface area contributed by atoms with Gasteiger partial charge in [0.2, 0.25) is 0 Å². The first-order valence-corrected chi connectivity index (χ1v) is 7.54. The minimum absolute atomic E-state index is 0.176. The maximum atomic E-state index is 10.9. The summed E-state index contributed by atoms with van der Waals surface area (Å²) in [5, 5.41) is 22.6. The lowest BCUT2D eigenvalue weighted by Gasteiger charge is -2.30. The largest absolute Gasteiger partial charge is 0.465 e. The zero-order chi connectivity index (χ0) is 16.4. The summed E-state index contributed by atoms with van der Waals surface area (Å²) in [5.74, 6) is 0. The van der Waals surface area contributed by atoms with Crippen LogP contribution in [0.15, 0.2) is 24.7 Å². The molecule has 1 fully saturated rings. The predicted octanol–water partition coefficient (Wildman–Crippen LogP) is 2.79. The van der Waals surface area contributed by atoms with Crippen molar-refractivity contribution in [2.45, 2.75) is 18.9 Å². The molecule has 0 saturated carbocycles. The summed E-state index contributed by atoms with van der Waals surface area (Å²) >= 11 is 5.84. The molecule has 3 rings (SSSR count). The Bertz CT molecular complexity index is 774. The van der Waals surface area contributed by atoms with E-state index in [0.717, 1.165) is 24.0 Å². The molecule has 2 aromatic heterocycles. The van der Waals surface area contributed by atoms with Gasteiger partial charge in [-0.1, -0.05) is 11.6 Å². The lowest BCUT2D eigenvalue weighted by molar-refractivity contribution is 0.124. The van der Waals surface area contributed by atoms with Gasteiger partial charge in [0.05, 0.1) is 17.8 Å². The van der Waals surface area contributed by atoms with Crippen LogP contribution in [0.5, 0.6) is 0 Å². The number of likely N-dealkylation sites (tertiary alicyclic amines) is 1. The summed E-state index contributed by atoms with van der Waals surface area (Å²) in [7, 11) is 0. The molecular formula is C15H14ClN5O2. The molecule has 7 nitrogen and oxygen atoms in total. The lowest BCUT2D eigenvalue weighted by Crippen LogP contribution is -2.38. The van der Waals surface area contributed by atoms with Crippen molar-refractivity contribution >= 4 is 17.7 Å². The summed E-state index contributed by atoms with van der Waals surface area (Å²) < 4.78 is 1.86. The second kappa shape index (κ2) is 6.26. The average Bonchev–Trinajstić information content (AvgIpc) is 3.05. The zero-order valence-electron chi connectivity index (χ0n) is 12.2. The number of piperidine rings is 1. The van der Waals surface area contributed by atoms with Crippen LogP contribution >= 0.6 is 11.6 Å². The molecule has 0 atom stereocenters. The molecule has 0 spiro atoms. The van der Waals surface area contributed by atoms with Crippen LogP contribution < -0.4 is 0 Å². The first kappa shape index (κ1) is 15.3. The van der Waals surface area contributed by atoms with Gasteiger partial charge in [-0.15, -0.1) is 0 Å². The van der Waals surface area contributed by atoms with Gasteiger partial charge in [0.1, 0.15) is 11.2 Å². The van der Waals surface area contributed by atoms with Crippen molar-refractivity contribution in [1.82, 2.24) is 19.7 Å². The third kappa shape index (κ3) is 3.12. The summed E-state index contributed by atoms with van der Waals surface area (Å²) in [6.45, 7) is 1.02. The van der Waals surface area contributed by atoms with Gasteiger partial charge in [-0.05, 0) is 18.9 Å². The van der Waals surface area contributed by atoms with Crippen LogP contribution in [0.25, 0.3) is 11.1 Å². The van der Waals surface area contributed by atoms with Crippen molar-refractivity contribution in [1.29, 1.82) is 5.26 Å². The Morgan fingerprint density at radius 3 is 2.74 bits per heavy atom. The van der Waals surface area contributed by atoms with Gasteiger partial charge in [-0.25, -0.2) is 9.78 Å². The molecule has 118 valence electrons. The average molecular weight is 332 g/mol. The monoisotopic (exact) mass is 331 g/mol. The molecule has 1 amide bonds. The zero-order valence-corrected chi connectivity index (χ0v) is 12.9. The highest BCUT2D eigenvalue weighted by molar-refractivity contribution is 6.30. The molecule has 0 aromatic carbocycles. The van der Waals surface area contributed by atoms with Crippen LogP contribution in [0, 0.1) is 11.3 Å². The summed E-state index contributed by atoms with van der Waals surface area (Å²) in [6, 6.07) is 3.87. The number of hydrogen-bond donors (Lipinski definition) is 1. The first-order chi connectivity index (χ1) is 11.1. The molecule has 1 aliphatic heterocycles. The Balaban J connectivity index is 1.77. The van der Waals surface area contributed by atoms with Crippen molar-refractivity contribution in [3.63, 3.8) is 0 Å². The van der Waals surface area contributed by atoms with E-state index in [4.69, 9.17) is 22.0 Å². The van der Waals surface area contributed by atoms with E-state index in [1.54, 1.807) is 18.5 Å². The van der Waals surface area contributed by atoms with Gasteiger partial charge in [0.15, 0.2) is 0 Å². The van der Waals surface area contributed by atoms with Crippen molar-refractivity contribution < 1.29 is 9.90 Å². The van der Waals surface area contributed by atoms with E-state index in [1.807, 2.05) is 16.9 Å². The molecule has 1 saturated heterocycles. The van der Waals surface area contributed by atoms with Crippen molar-refractivity contribution in [3.8, 4) is 17.2 Å². The Labute approximate surface area is 137 Å². The Kier molecular flexibility index (Phi) is 4.17. The number of nitriles is 1. The molecule has 0 aliphatic carbocycles. The number of carboxylic acid groups (broad SMARTS) is 1. The molecule has 1 aliphatic rings. The Morgan fingerprint density at radius 2 is 2.09 bits per heavy atom. The van der Waals surface area contributed by atoms with Gasteiger partial charge < -0.3 is 10.0 Å². The van der Waals surface area contributed by atoms with Crippen LogP contribution in [0.4, 0.5) is 4.79 Å². The number of nitrogens with zero attached hydrogens (tertiary/aromatic N) is 5. The standard InChI is InChI=1S/C15H14ClN5O2/c16-14-10(6-17)5-11(7-18-14)12-8-19-21(9-12)13-1-3-20(4-2-13)15(22)23/h5,7-9,13H,1-4H2,(H,22,23). The van der Waals surface area contributed by atoms with Gasteiger partial charge in [-0.3, -0.25) is 4.68 Å². The number of carbonyl (C=O) groups is 1. The number of aromatic nitrogens is 3. The van der Waals surface area contributed by atoms with E-state index < -0.39 is 6.09 Å². The van der Waals surface area contributed by atoms with Crippen molar-refractivity contribution in [3.05, 3.63) is 35.4 Å². The van der Waals surface area contributed by atoms with E-state index in [9.17, 15) is 4.79 Å². The normalized spacial score (nSPS) is 15.4. The van der Waals surface area contributed by atoms with Gasteiger partial charge >= 0.3 is 6.09 Å². The van der Waals surface area contributed by atoms with Gasteiger partial charge in [0, 0.05) is 36.6 Å². The SMILES string of the molecule is N#Cc1cc(-c2cnn(C3CCN(C(=O)O)CC3)c2)cnc1Cl. The molecule has 23 heavy (non-hydrogen) atoms. The fraction of sp³-hybridized carbons (Fsp3) is 0.333.